The van der Waals surface area contributed by atoms with Gasteiger partial charge < -0.3 is 10.3 Å². The number of hydrogen-bond acceptors (Lipinski definition) is 5. The maximum atomic E-state index is 14.7. The third-order valence-electron chi connectivity index (χ3n) is 7.23. The van der Waals surface area contributed by atoms with Crippen molar-refractivity contribution in [2.45, 2.75) is 27.3 Å². The molecule has 7 nitrogen and oxygen atoms in total. The van der Waals surface area contributed by atoms with E-state index in [1.807, 2.05) is 55.7 Å². The Morgan fingerprint density at radius 1 is 1.14 bits per heavy atom. The number of nitrogens with zero attached hydrogens (tertiary/aromatic N) is 3. The molecule has 5 aromatic rings. The Morgan fingerprint density at radius 2 is 1.93 bits per heavy atom. The lowest BCUT2D eigenvalue weighted by atomic mass is 10.0. The van der Waals surface area contributed by atoms with Crippen LogP contribution in [-0.4, -0.2) is 43.1 Å². The summed E-state index contributed by atoms with van der Waals surface area (Å²) in [7, 11) is -1.43. The summed E-state index contributed by atoms with van der Waals surface area (Å²) in [6, 6.07) is 12.9. The van der Waals surface area contributed by atoms with Crippen LogP contribution in [0.2, 0.25) is 0 Å². The molecule has 0 radical (unpaired) electrons. The van der Waals surface area contributed by atoms with E-state index in [1.54, 1.807) is 12.3 Å². The molecule has 226 valence electrons. The predicted molar refractivity (Wildman–Crippen MR) is 188 cm³/mol. The van der Waals surface area contributed by atoms with E-state index in [0.29, 0.717) is 23.4 Å². The lowest BCUT2D eigenvalue weighted by molar-refractivity contribution is 0.625. The smallest absolute Gasteiger partial charge is 0.138 e. The van der Waals surface area contributed by atoms with E-state index in [4.69, 9.17) is 4.98 Å². The molecule has 4 N–H and O–H groups in total. The number of aromatic nitrogens is 5. The third-order valence-corrected chi connectivity index (χ3v) is 8.07. The Bertz CT molecular complexity index is 2060. The zero-order valence-corrected chi connectivity index (χ0v) is 26.4. The molecule has 4 aromatic heterocycles. The highest BCUT2D eigenvalue weighted by Gasteiger charge is 2.17. The van der Waals surface area contributed by atoms with Gasteiger partial charge in [-0.2, -0.15) is 14.5 Å². The maximum absolute atomic E-state index is 14.7. The van der Waals surface area contributed by atoms with Crippen molar-refractivity contribution >= 4 is 48.8 Å². The van der Waals surface area contributed by atoms with Gasteiger partial charge in [-0.25, -0.2) is 14.4 Å². The number of rotatable bonds is 11. The van der Waals surface area contributed by atoms with Crippen molar-refractivity contribution in [3.05, 3.63) is 109 Å². The second-order valence-corrected chi connectivity index (χ2v) is 14.1. The van der Waals surface area contributed by atoms with Crippen LogP contribution in [0.1, 0.15) is 32.0 Å². The van der Waals surface area contributed by atoms with E-state index >= 15 is 0 Å². The van der Waals surface area contributed by atoms with Crippen molar-refractivity contribution in [2.75, 3.05) is 6.26 Å². The molecule has 0 unspecified atom stereocenters. The monoisotopic (exact) mass is 607 g/mol. The van der Waals surface area contributed by atoms with Gasteiger partial charge in [0.15, 0.2) is 0 Å². The highest BCUT2D eigenvalue weighted by atomic mass is 32.2. The first kappa shape index (κ1) is 30.7. The molecule has 1 aromatic carbocycles. The van der Waals surface area contributed by atoms with E-state index in [0.717, 1.165) is 55.9 Å². The third kappa shape index (κ3) is 6.74. The van der Waals surface area contributed by atoms with Gasteiger partial charge in [0.05, 0.1) is 16.9 Å². The molecule has 0 spiro atoms. The van der Waals surface area contributed by atoms with Crippen molar-refractivity contribution in [3.8, 4) is 22.5 Å². The molecule has 4 heterocycles. The summed E-state index contributed by atoms with van der Waals surface area (Å²) in [5.74, 6) is 8.09. The fraction of sp³-hybridized carbons (Fsp3) is 0.171. The molecule has 44 heavy (non-hydrogen) atoms. The molecule has 9 heteroatoms. The summed E-state index contributed by atoms with van der Waals surface area (Å²) >= 11 is 0. The van der Waals surface area contributed by atoms with Crippen molar-refractivity contribution in [3.63, 3.8) is 0 Å². The molecule has 0 saturated carbocycles. The van der Waals surface area contributed by atoms with Crippen LogP contribution < -0.4 is 10.0 Å². The van der Waals surface area contributed by atoms with E-state index in [1.165, 1.54) is 12.1 Å². The Kier molecular flexibility index (Phi) is 8.71. The fourth-order valence-corrected chi connectivity index (χ4v) is 5.28. The lowest BCUT2D eigenvalue weighted by Crippen LogP contribution is -2.14. The second-order valence-electron chi connectivity index (χ2n) is 11.3. The minimum absolute atomic E-state index is 0.283. The summed E-state index contributed by atoms with van der Waals surface area (Å²) in [5.41, 5.74) is 9.51. The topological polar surface area (TPSA) is 94.3 Å². The van der Waals surface area contributed by atoms with Crippen LogP contribution in [0.4, 0.5) is 4.39 Å². The van der Waals surface area contributed by atoms with Crippen LogP contribution in [0.3, 0.4) is 0 Å². The van der Waals surface area contributed by atoms with Crippen molar-refractivity contribution in [2.24, 2.45) is 5.92 Å². The largest absolute Gasteiger partial charge is 0.359 e. The lowest BCUT2D eigenvalue weighted by Gasteiger charge is -2.14. The van der Waals surface area contributed by atoms with Crippen molar-refractivity contribution in [1.29, 1.82) is 0 Å². The number of H-pyrrole nitrogens is 2. The molecule has 0 saturated heterocycles. The Morgan fingerprint density at radius 3 is 2.64 bits per heavy atom. The van der Waals surface area contributed by atoms with Gasteiger partial charge in [0, 0.05) is 29.5 Å². The number of nitrogens with one attached hydrogen (secondary N) is 4. The molecular weight excluding hydrogens is 569 g/mol. The molecule has 0 atom stereocenters. The van der Waals surface area contributed by atoms with Crippen LogP contribution in [0.25, 0.3) is 50.2 Å². The standard InChI is InChI=1S/C35H38FN7S/c1-9-24(18-27(10-2)39-22(5)21(3)4)30-11-12-31-33(40-30)34(43-42-31)32-19-29-28(13-14-37-35(29)41-32)25-15-23(16-26(36)17-25)20-38-44(6,7)8/h9-19,21,38-39H,2,5-7,20H2,1,3-4,8H3,(H,37,41)(H,42,43)/b24-9+,27-18+. The average Bonchev–Trinajstić information content (AvgIpc) is 3.61. The number of aromatic amines is 2. The zero-order chi connectivity index (χ0) is 31.6. The molecular formula is C35H38FN7S. The van der Waals surface area contributed by atoms with Crippen molar-refractivity contribution in [1.82, 2.24) is 35.2 Å². The number of benzene rings is 1. The minimum atomic E-state index is -1.43. The normalized spacial score (nSPS) is 12.8. The molecule has 0 aliphatic rings. The fourth-order valence-electron chi connectivity index (χ4n) is 4.77. The van der Waals surface area contributed by atoms with Gasteiger partial charge in [0.1, 0.15) is 22.7 Å². The zero-order valence-electron chi connectivity index (χ0n) is 25.6. The first-order valence-electron chi connectivity index (χ1n) is 14.2. The van der Waals surface area contributed by atoms with Crippen LogP contribution in [0.5, 0.6) is 0 Å². The molecule has 0 aliphatic heterocycles. The average molecular weight is 608 g/mol. The summed E-state index contributed by atoms with van der Waals surface area (Å²) in [5, 5.41) is 11.9. The van der Waals surface area contributed by atoms with Gasteiger partial charge in [-0.05, 0) is 96.0 Å². The summed E-state index contributed by atoms with van der Waals surface area (Å²) in [6.45, 7) is 14.7. The molecule has 0 aliphatic carbocycles. The molecule has 0 amide bonds. The maximum Gasteiger partial charge on any atom is 0.138 e. The highest BCUT2D eigenvalue weighted by molar-refractivity contribution is 8.25. The Hall–Kier alpha value is -4.73. The van der Waals surface area contributed by atoms with Gasteiger partial charge in [0.2, 0.25) is 0 Å². The van der Waals surface area contributed by atoms with Crippen LogP contribution in [-0.2, 0) is 6.54 Å². The van der Waals surface area contributed by atoms with Gasteiger partial charge >= 0.3 is 0 Å². The van der Waals surface area contributed by atoms with Gasteiger partial charge in [-0.1, -0.05) is 44.8 Å². The quantitative estimate of drug-likeness (QED) is 0.0907. The summed E-state index contributed by atoms with van der Waals surface area (Å²) in [6.07, 6.45) is 9.46. The van der Waals surface area contributed by atoms with E-state index < -0.39 is 9.39 Å². The summed E-state index contributed by atoms with van der Waals surface area (Å²) < 4.78 is 18.0. The van der Waals surface area contributed by atoms with Crippen LogP contribution in [0, 0.1) is 11.7 Å². The van der Waals surface area contributed by atoms with E-state index in [-0.39, 0.29) is 11.7 Å². The number of allylic oxidation sites excluding steroid dienone is 5. The number of hydrogen-bond donors (Lipinski definition) is 4. The first-order valence-corrected chi connectivity index (χ1v) is 16.6. The van der Waals surface area contributed by atoms with Crippen LogP contribution >= 0.6 is 9.39 Å². The number of fused-ring (bicyclic) bond motifs is 2. The van der Waals surface area contributed by atoms with Gasteiger partial charge in [-0.15, -0.1) is 0 Å². The summed E-state index contributed by atoms with van der Waals surface area (Å²) in [4.78, 5) is 13.0. The van der Waals surface area contributed by atoms with Crippen LogP contribution in [0.15, 0.2) is 91.4 Å². The Balaban J connectivity index is 1.54. The predicted octanol–water partition coefficient (Wildman–Crippen LogP) is 7.84. The first-order chi connectivity index (χ1) is 21.0. The number of halogens is 1. The second kappa shape index (κ2) is 12.5. The SMILES string of the molecule is C=C/C(=C\C(=C/C)c1ccc2[nH]nc(-c3cc4c(-c5cc(F)cc(CNS(=C)(=C)C)c5)ccnc4[nH]3)c2n1)NC(=C)C(C)C. The van der Waals surface area contributed by atoms with Gasteiger partial charge in [-0.3, -0.25) is 9.82 Å². The molecule has 0 bridgehead atoms. The minimum Gasteiger partial charge on any atom is -0.359 e. The molecule has 0 fully saturated rings. The van der Waals surface area contributed by atoms with Crippen molar-refractivity contribution < 1.29 is 4.39 Å². The van der Waals surface area contributed by atoms with E-state index in [2.05, 4.69) is 69.0 Å². The Labute approximate surface area is 258 Å². The van der Waals surface area contributed by atoms with E-state index in [9.17, 15) is 4.39 Å². The number of pyridine rings is 2. The molecule has 5 rings (SSSR count). The highest BCUT2D eigenvalue weighted by Crippen LogP contribution is 2.34. The van der Waals surface area contributed by atoms with Gasteiger partial charge in [0.25, 0.3) is 0 Å².